The summed E-state index contributed by atoms with van der Waals surface area (Å²) in [6, 6.07) is 1.64. The Morgan fingerprint density at radius 1 is 1.52 bits per heavy atom. The van der Waals surface area contributed by atoms with Gasteiger partial charge in [0, 0.05) is 26.2 Å². The van der Waals surface area contributed by atoms with Crippen LogP contribution in [-0.2, 0) is 14.3 Å². The molecule has 0 aromatic carbocycles. The number of carbonyl (C=O) groups excluding carboxylic acids is 2. The van der Waals surface area contributed by atoms with E-state index in [1.165, 1.54) is 0 Å². The number of likely N-dealkylation sites (N-methyl/N-ethyl adjacent to an activating group) is 1. The Labute approximate surface area is 122 Å². The maximum Gasteiger partial charge on any atom is 0.253 e. The minimum absolute atomic E-state index is 0.169. The maximum absolute atomic E-state index is 12.0. The predicted molar refractivity (Wildman–Crippen MR) is 74.7 cm³/mol. The van der Waals surface area contributed by atoms with E-state index < -0.39 is 5.60 Å². The molecule has 116 valence electrons. The summed E-state index contributed by atoms with van der Waals surface area (Å²) in [5.74, 6) is 0.618. The van der Waals surface area contributed by atoms with Crippen molar-refractivity contribution in [3.63, 3.8) is 0 Å². The van der Waals surface area contributed by atoms with Gasteiger partial charge in [-0.3, -0.25) is 14.5 Å². The molecule has 0 aliphatic carbocycles. The number of nitrogens with one attached hydrogen (secondary N) is 2. The Morgan fingerprint density at radius 3 is 2.90 bits per heavy atom. The van der Waals surface area contributed by atoms with Crippen LogP contribution in [0, 0.1) is 6.92 Å². The van der Waals surface area contributed by atoms with E-state index in [-0.39, 0.29) is 18.4 Å². The molecule has 8 heteroatoms. The highest BCUT2D eigenvalue weighted by Crippen LogP contribution is 2.17. The van der Waals surface area contributed by atoms with Crippen LogP contribution in [0.1, 0.15) is 12.7 Å². The lowest BCUT2D eigenvalue weighted by atomic mass is 10.0. The Bertz CT molecular complexity index is 530. The number of morpholine rings is 1. The second kappa shape index (κ2) is 6.23. The first-order valence-corrected chi connectivity index (χ1v) is 6.74. The van der Waals surface area contributed by atoms with E-state index in [0.29, 0.717) is 31.3 Å². The summed E-state index contributed by atoms with van der Waals surface area (Å²) in [6.45, 7) is 4.99. The molecule has 1 saturated heterocycles. The largest absolute Gasteiger partial charge is 0.363 e. The van der Waals surface area contributed by atoms with E-state index >= 15 is 0 Å². The lowest BCUT2D eigenvalue weighted by Crippen LogP contribution is -2.58. The van der Waals surface area contributed by atoms with Gasteiger partial charge in [-0.25, -0.2) is 0 Å². The summed E-state index contributed by atoms with van der Waals surface area (Å²) < 4.78 is 10.4. The number of nitrogens with zero attached hydrogens (tertiary/aromatic N) is 2. The van der Waals surface area contributed by atoms with Gasteiger partial charge < -0.3 is 19.9 Å². The van der Waals surface area contributed by atoms with Crippen LogP contribution < -0.4 is 10.6 Å². The van der Waals surface area contributed by atoms with Crippen molar-refractivity contribution in [1.82, 2.24) is 15.4 Å². The van der Waals surface area contributed by atoms with Gasteiger partial charge in [0.2, 0.25) is 5.91 Å². The number of aryl methyl sites for hydroxylation is 1. The van der Waals surface area contributed by atoms with Gasteiger partial charge in [0.25, 0.3) is 5.91 Å². The van der Waals surface area contributed by atoms with Gasteiger partial charge in [0.05, 0.1) is 13.2 Å². The normalized spacial score (nSPS) is 22.8. The van der Waals surface area contributed by atoms with Crippen LogP contribution in [0.5, 0.6) is 0 Å². The van der Waals surface area contributed by atoms with E-state index in [9.17, 15) is 9.59 Å². The maximum atomic E-state index is 12.0. The second-order valence-electron chi connectivity index (χ2n) is 5.24. The number of carbonyl (C=O) groups is 2. The fourth-order valence-corrected chi connectivity index (χ4v) is 2.30. The third kappa shape index (κ3) is 3.79. The van der Waals surface area contributed by atoms with Crippen molar-refractivity contribution >= 4 is 17.6 Å². The van der Waals surface area contributed by atoms with Crippen LogP contribution in [0.4, 0.5) is 5.82 Å². The quantitative estimate of drug-likeness (QED) is 0.796. The average Bonchev–Trinajstić information content (AvgIpc) is 2.83. The standard InChI is InChI=1S/C13H20N4O4/c1-9-6-10(16-21-9)15-11(18)7-17-4-5-20-13(2,8-17)12(19)14-3/h6H,4-5,7-8H2,1-3H3,(H,14,19)(H,15,16,18). The average molecular weight is 296 g/mol. The van der Waals surface area contributed by atoms with Crippen molar-refractivity contribution in [2.45, 2.75) is 19.4 Å². The lowest BCUT2D eigenvalue weighted by Gasteiger charge is -2.38. The Balaban J connectivity index is 1.90. The first-order valence-electron chi connectivity index (χ1n) is 6.74. The Hall–Kier alpha value is -1.93. The van der Waals surface area contributed by atoms with Crippen molar-refractivity contribution in [1.29, 1.82) is 0 Å². The number of amides is 2. The highest BCUT2D eigenvalue weighted by Gasteiger charge is 2.39. The summed E-state index contributed by atoms with van der Waals surface area (Å²) in [5.41, 5.74) is -0.933. The number of hydrogen-bond donors (Lipinski definition) is 2. The zero-order chi connectivity index (χ0) is 15.5. The highest BCUT2D eigenvalue weighted by molar-refractivity contribution is 5.91. The number of hydrogen-bond acceptors (Lipinski definition) is 6. The van der Waals surface area contributed by atoms with Gasteiger partial charge in [-0.2, -0.15) is 0 Å². The van der Waals surface area contributed by atoms with Crippen molar-refractivity contribution in [2.75, 3.05) is 38.6 Å². The van der Waals surface area contributed by atoms with Crippen LogP contribution in [0.2, 0.25) is 0 Å². The van der Waals surface area contributed by atoms with Gasteiger partial charge >= 0.3 is 0 Å². The molecule has 2 N–H and O–H groups in total. The van der Waals surface area contributed by atoms with Crippen LogP contribution in [-0.4, -0.2) is 60.8 Å². The number of aromatic nitrogens is 1. The predicted octanol–water partition coefficient (Wildman–Crippen LogP) is -0.242. The molecule has 1 aliphatic rings. The van der Waals surface area contributed by atoms with Crippen LogP contribution in [0.25, 0.3) is 0 Å². The molecule has 0 spiro atoms. The molecule has 1 fully saturated rings. The number of ether oxygens (including phenoxy) is 1. The van der Waals surface area contributed by atoms with Gasteiger partial charge in [-0.1, -0.05) is 5.16 Å². The molecule has 1 atom stereocenters. The molecule has 21 heavy (non-hydrogen) atoms. The fraction of sp³-hybridized carbons (Fsp3) is 0.615. The van der Waals surface area contributed by atoms with E-state index in [0.717, 1.165) is 0 Å². The molecule has 8 nitrogen and oxygen atoms in total. The van der Waals surface area contributed by atoms with Crippen LogP contribution >= 0.6 is 0 Å². The summed E-state index contributed by atoms with van der Waals surface area (Å²) >= 11 is 0. The van der Waals surface area contributed by atoms with Crippen LogP contribution in [0.15, 0.2) is 10.6 Å². The van der Waals surface area contributed by atoms with Crippen molar-refractivity contribution < 1.29 is 18.8 Å². The minimum Gasteiger partial charge on any atom is -0.363 e. The monoisotopic (exact) mass is 296 g/mol. The molecule has 1 aromatic heterocycles. The molecule has 1 aromatic rings. The number of rotatable bonds is 4. The molecule has 0 saturated carbocycles. The van der Waals surface area contributed by atoms with Gasteiger partial charge in [-0.15, -0.1) is 0 Å². The molecule has 2 amide bonds. The second-order valence-corrected chi connectivity index (χ2v) is 5.24. The van der Waals surface area contributed by atoms with Gasteiger partial charge in [0.15, 0.2) is 11.4 Å². The van der Waals surface area contributed by atoms with E-state index in [1.807, 2.05) is 4.90 Å². The van der Waals surface area contributed by atoms with Crippen molar-refractivity contribution in [3.8, 4) is 0 Å². The molecular formula is C13H20N4O4. The summed E-state index contributed by atoms with van der Waals surface area (Å²) in [6.07, 6.45) is 0. The zero-order valence-corrected chi connectivity index (χ0v) is 12.4. The van der Waals surface area contributed by atoms with E-state index in [2.05, 4.69) is 15.8 Å². The third-order valence-corrected chi connectivity index (χ3v) is 3.32. The minimum atomic E-state index is -0.933. The molecule has 2 rings (SSSR count). The van der Waals surface area contributed by atoms with Gasteiger partial charge in [-0.05, 0) is 13.8 Å². The fourth-order valence-electron chi connectivity index (χ4n) is 2.30. The smallest absolute Gasteiger partial charge is 0.253 e. The SMILES string of the molecule is CNC(=O)C1(C)CN(CC(=O)Nc2cc(C)on2)CCO1. The van der Waals surface area contributed by atoms with E-state index in [1.54, 1.807) is 27.0 Å². The first-order chi connectivity index (χ1) is 9.93. The molecule has 0 radical (unpaired) electrons. The Kier molecular flexibility index (Phi) is 4.59. The molecule has 0 bridgehead atoms. The Morgan fingerprint density at radius 2 is 2.29 bits per heavy atom. The first kappa shape index (κ1) is 15.5. The molecule has 1 aliphatic heterocycles. The summed E-state index contributed by atoms with van der Waals surface area (Å²) in [4.78, 5) is 25.7. The topological polar surface area (TPSA) is 96.7 Å². The molecule has 1 unspecified atom stereocenters. The summed E-state index contributed by atoms with van der Waals surface area (Å²) in [5, 5.41) is 8.94. The van der Waals surface area contributed by atoms with E-state index in [4.69, 9.17) is 9.26 Å². The van der Waals surface area contributed by atoms with Crippen molar-refractivity contribution in [3.05, 3.63) is 11.8 Å². The molecular weight excluding hydrogens is 276 g/mol. The lowest BCUT2D eigenvalue weighted by molar-refractivity contribution is -0.156. The highest BCUT2D eigenvalue weighted by atomic mass is 16.5. The third-order valence-electron chi connectivity index (χ3n) is 3.32. The number of anilines is 1. The van der Waals surface area contributed by atoms with Crippen LogP contribution in [0.3, 0.4) is 0 Å². The zero-order valence-electron chi connectivity index (χ0n) is 12.4. The summed E-state index contributed by atoms with van der Waals surface area (Å²) in [7, 11) is 1.56. The van der Waals surface area contributed by atoms with Crippen molar-refractivity contribution in [2.24, 2.45) is 0 Å². The van der Waals surface area contributed by atoms with Gasteiger partial charge in [0.1, 0.15) is 5.76 Å². The molecule has 2 heterocycles.